The Morgan fingerprint density at radius 1 is 0.362 bits per heavy atom. The Morgan fingerprint density at radius 3 is 0.913 bits per heavy atom. The van der Waals surface area contributed by atoms with Gasteiger partial charge in [0.25, 0.3) is 0 Å². The minimum absolute atomic E-state index is 0.000246. The lowest BCUT2D eigenvalue weighted by atomic mass is 9.87. The second-order valence-electron chi connectivity index (χ2n) is 37.1. The van der Waals surface area contributed by atoms with Crippen molar-refractivity contribution in [1.82, 2.24) is 18.3 Å². The van der Waals surface area contributed by atoms with Crippen molar-refractivity contribution in [3.8, 4) is 91.0 Å². The van der Waals surface area contributed by atoms with Crippen LogP contribution in [0.25, 0.3) is 45.0 Å². The highest BCUT2D eigenvalue weighted by molar-refractivity contribution is 5.82. The van der Waals surface area contributed by atoms with Crippen LogP contribution in [-0.4, -0.2) is 130 Å². The molecule has 24 nitrogen and oxygen atoms in total. The molecule has 0 radical (unpaired) electrons. The number of ketones is 1. The highest BCUT2D eigenvalue weighted by atomic mass is 16.6. The molecule has 13 rings (SSSR count). The van der Waals surface area contributed by atoms with Crippen LogP contribution in [0.2, 0.25) is 0 Å². The highest BCUT2D eigenvalue weighted by Gasteiger charge is 2.36. The molecule has 1 aliphatic carbocycles. The van der Waals surface area contributed by atoms with Crippen LogP contribution in [0.5, 0.6) is 46.0 Å². The molecule has 0 amide bonds. The first-order valence-electron chi connectivity index (χ1n) is 45.3. The SMILES string of the molecule is COCCCOc1cc2c(cc1OC(=O)C(C)(C)C)-c1cc(=O)c(C)cn1C(C(C)C)C2.COCCCOc1cc2c(cc1OC(=O)C(C)C)-c1cc(=O)c(C)cn1C(C(C)C)C2.COCCCOc1cc2c(cc1OC(=O)C1CCCCC1)-c1cc(=O)c(C)cn1C(C(C)C)C2.COCCCOc1cc2c(cc1OCC(C)=O)-c1cc(=O)c(C)cn1C(C(C)C)C2. The van der Waals surface area contributed by atoms with Crippen molar-refractivity contribution in [3.63, 3.8) is 0 Å². The van der Waals surface area contributed by atoms with Crippen molar-refractivity contribution in [3.05, 3.63) is 183 Å². The molecule has 4 aromatic heterocycles. The van der Waals surface area contributed by atoms with Gasteiger partial charge in [0.15, 0.2) is 73.5 Å². The van der Waals surface area contributed by atoms with Crippen LogP contribution < -0.4 is 59.6 Å². The number of methoxy groups -OCH3 is 4. The number of aromatic nitrogens is 4. The Hall–Kier alpha value is -10.4. The van der Waals surface area contributed by atoms with Crippen LogP contribution in [0, 0.1) is 68.6 Å². The standard InChI is InChI=1S/C28H37NO5.C26H35NO5.C25H33NO5.C24H31NO5/c1-18(2)23-13-21-14-26(33-12-8-11-32-4)27(34-28(31)20-9-6-5-7-10-20)15-22(21)24-16-25(30)19(3)17-29(23)24;1-16(2)20-11-18-12-23(31-10-8-9-30-7)24(32-25(29)26(4,5)6)13-19(18)21-14-22(28)17(3)15-27(20)21;1-15(2)20-10-18-11-23(30-9-7-8-29-6)24(31-25(28)16(3)4)12-19(18)21-13-22(27)17(5)14-26(20)21;1-15(2)20-9-18-10-23(29-8-6-7-28-5)24(30-14-17(4)26)11-19(18)21-12-22(27)16(3)13-25(20)21/h14-18,20,23H,5-13H2,1-4H3;12-16,20H,8-11H2,1-7H3;11-16,20H,7-10H2,1-6H3;10-13,15,20H,6-9,14H2,1-5H3. The summed E-state index contributed by atoms with van der Waals surface area (Å²) in [6.45, 7) is 39.7. The third-order valence-corrected chi connectivity index (χ3v) is 24.2. The molecule has 0 N–H and O–H groups in total. The van der Waals surface area contributed by atoms with Gasteiger partial charge in [0.2, 0.25) is 0 Å². The summed E-state index contributed by atoms with van der Waals surface area (Å²) in [5.74, 6) is 4.36. The van der Waals surface area contributed by atoms with E-state index in [2.05, 4.69) is 73.7 Å². The molecule has 5 aliphatic rings. The molecule has 0 bridgehead atoms. The predicted molar refractivity (Wildman–Crippen MR) is 496 cm³/mol. The summed E-state index contributed by atoms with van der Waals surface area (Å²) in [7, 11) is 6.64. The van der Waals surface area contributed by atoms with E-state index in [1.54, 1.807) is 66.6 Å². The maximum Gasteiger partial charge on any atom is 0.316 e. The van der Waals surface area contributed by atoms with Gasteiger partial charge in [0.05, 0.1) is 66.5 Å². The van der Waals surface area contributed by atoms with Gasteiger partial charge in [-0.2, -0.15) is 0 Å². The fraction of sp³-hybridized carbons (Fsp3) is 0.534. The lowest BCUT2D eigenvalue weighted by molar-refractivity contribution is -0.143. The van der Waals surface area contributed by atoms with E-state index in [-0.39, 0.29) is 88.0 Å². The first-order valence-corrected chi connectivity index (χ1v) is 45.3. The Balaban J connectivity index is 0.000000177. The minimum Gasteiger partial charge on any atom is -0.490 e. The van der Waals surface area contributed by atoms with E-state index in [4.69, 9.17) is 56.8 Å². The Kier molecular flexibility index (Phi) is 35.0. The van der Waals surface area contributed by atoms with Crippen molar-refractivity contribution in [2.24, 2.45) is 40.9 Å². The lowest BCUT2D eigenvalue weighted by Crippen LogP contribution is -2.27. The van der Waals surface area contributed by atoms with E-state index >= 15 is 0 Å². The zero-order chi connectivity index (χ0) is 92.4. The number of fused-ring (bicyclic) bond motifs is 12. The predicted octanol–water partition coefficient (Wildman–Crippen LogP) is 18.9. The number of carbonyl (C=O) groups excluding carboxylic acids is 4. The molecule has 127 heavy (non-hydrogen) atoms. The van der Waals surface area contributed by atoms with E-state index in [1.807, 2.05) is 122 Å². The van der Waals surface area contributed by atoms with Crippen LogP contribution in [0.4, 0.5) is 0 Å². The van der Waals surface area contributed by atoms with E-state index in [0.29, 0.717) is 123 Å². The number of carbonyl (C=O) groups is 4. The molecule has 4 unspecified atom stereocenters. The Labute approximate surface area is 749 Å². The number of pyridine rings is 4. The molecule has 0 spiro atoms. The first kappa shape index (κ1) is 98.8. The average molecular weight is 1750 g/mol. The van der Waals surface area contributed by atoms with Crippen molar-refractivity contribution in [2.75, 3.05) is 87.9 Å². The van der Waals surface area contributed by atoms with Crippen molar-refractivity contribution < 1.29 is 76.0 Å². The number of Topliss-reactive ketones (excluding diaryl/α,β-unsaturated/α-hetero) is 1. The van der Waals surface area contributed by atoms with Gasteiger partial charge in [-0.3, -0.25) is 38.4 Å². The van der Waals surface area contributed by atoms with Crippen LogP contribution in [0.3, 0.4) is 0 Å². The number of benzene rings is 4. The van der Waals surface area contributed by atoms with Gasteiger partial charge in [0.1, 0.15) is 6.61 Å². The van der Waals surface area contributed by atoms with Crippen LogP contribution in [0.1, 0.15) is 223 Å². The number of ether oxygens (including phenoxy) is 12. The van der Waals surface area contributed by atoms with Crippen LogP contribution >= 0.6 is 0 Å². The van der Waals surface area contributed by atoms with Crippen LogP contribution in [-0.2, 0) is 63.8 Å². The van der Waals surface area contributed by atoms with E-state index in [0.717, 1.165) is 167 Å². The molecule has 688 valence electrons. The second-order valence-corrected chi connectivity index (χ2v) is 37.1. The zero-order valence-electron chi connectivity index (χ0n) is 79.0. The Bertz CT molecular complexity index is 5440. The average Bonchev–Trinajstić information content (AvgIpc) is 0.765. The molecule has 8 heterocycles. The summed E-state index contributed by atoms with van der Waals surface area (Å²) >= 11 is 0. The summed E-state index contributed by atoms with van der Waals surface area (Å²) in [5, 5.41) is 0. The molecular formula is C103H136N4O20. The topological polar surface area (TPSA) is 267 Å². The smallest absolute Gasteiger partial charge is 0.316 e. The van der Waals surface area contributed by atoms with Gasteiger partial charge >= 0.3 is 17.9 Å². The summed E-state index contributed by atoms with van der Waals surface area (Å²) in [6, 6.07) is 23.2. The molecule has 24 heteroatoms. The molecule has 1 saturated carbocycles. The number of aryl methyl sites for hydroxylation is 4. The number of hydrogen-bond donors (Lipinski definition) is 0. The van der Waals surface area contributed by atoms with Gasteiger partial charge in [-0.15, -0.1) is 0 Å². The van der Waals surface area contributed by atoms with Gasteiger partial charge < -0.3 is 75.1 Å². The monoisotopic (exact) mass is 1750 g/mol. The van der Waals surface area contributed by atoms with E-state index in [1.165, 1.54) is 13.3 Å². The third-order valence-electron chi connectivity index (χ3n) is 24.2. The lowest BCUT2D eigenvalue weighted by Gasteiger charge is -2.34. The van der Waals surface area contributed by atoms with Crippen molar-refractivity contribution >= 4 is 23.7 Å². The molecule has 0 saturated heterocycles. The molecule has 8 aromatic rings. The van der Waals surface area contributed by atoms with Gasteiger partial charge in [0, 0.05) is 198 Å². The largest absolute Gasteiger partial charge is 0.490 e. The maximum atomic E-state index is 13.0. The number of nitrogens with zero attached hydrogens (tertiary/aromatic N) is 4. The second kappa shape index (κ2) is 45.0. The molecule has 4 aliphatic heterocycles. The molecule has 4 atom stereocenters. The maximum absolute atomic E-state index is 13.0. The summed E-state index contributed by atoms with van der Waals surface area (Å²) in [5.41, 5.74) is 13.9. The molecule has 4 aromatic carbocycles. The van der Waals surface area contributed by atoms with Gasteiger partial charge in [-0.05, 0) is 188 Å². The zero-order valence-corrected chi connectivity index (χ0v) is 79.0. The molecular weight excluding hydrogens is 1610 g/mol. The normalized spacial score (nSPS) is 15.8. The number of esters is 3. The first-order chi connectivity index (χ1) is 60.4. The summed E-state index contributed by atoms with van der Waals surface area (Å²) in [6.07, 6.45) is 19.1. The number of rotatable bonds is 32. The summed E-state index contributed by atoms with van der Waals surface area (Å²) in [4.78, 5) is 99.5. The minimum atomic E-state index is -0.655. The van der Waals surface area contributed by atoms with Crippen molar-refractivity contribution in [2.45, 2.75) is 232 Å². The fourth-order valence-electron chi connectivity index (χ4n) is 16.7. The van der Waals surface area contributed by atoms with Crippen molar-refractivity contribution in [1.29, 1.82) is 0 Å². The summed E-state index contributed by atoms with van der Waals surface area (Å²) < 4.78 is 76.6. The van der Waals surface area contributed by atoms with Gasteiger partial charge in [-0.25, -0.2) is 0 Å². The highest BCUT2D eigenvalue weighted by Crippen LogP contribution is 2.49. The van der Waals surface area contributed by atoms with Gasteiger partial charge in [-0.1, -0.05) is 88.5 Å². The number of hydrogen-bond acceptors (Lipinski definition) is 20. The third kappa shape index (κ3) is 24.9. The van der Waals surface area contributed by atoms with Crippen LogP contribution in [0.15, 0.2) is 117 Å². The Morgan fingerprint density at radius 2 is 0.638 bits per heavy atom. The molecule has 1 fully saturated rings. The van der Waals surface area contributed by atoms with E-state index in [9.17, 15) is 38.4 Å². The van der Waals surface area contributed by atoms with E-state index < -0.39 is 5.41 Å². The fourth-order valence-corrected chi connectivity index (χ4v) is 16.7. The quantitative estimate of drug-likeness (QED) is 0.0215.